The first-order valence-electron chi connectivity index (χ1n) is 34.7. The van der Waals surface area contributed by atoms with Crippen LogP contribution < -0.4 is 0 Å². The first-order valence-corrected chi connectivity index (χ1v) is 34.7. The van der Waals surface area contributed by atoms with Crippen LogP contribution in [0.1, 0.15) is 342 Å². The van der Waals surface area contributed by atoms with E-state index in [9.17, 15) is 14.4 Å². The second-order valence-electron chi connectivity index (χ2n) is 23.1. The van der Waals surface area contributed by atoms with Gasteiger partial charge in [0.25, 0.3) is 0 Å². The number of hydrogen-bond donors (Lipinski definition) is 0. The van der Waals surface area contributed by atoms with Gasteiger partial charge in [0.05, 0.1) is 0 Å². The summed E-state index contributed by atoms with van der Waals surface area (Å²) >= 11 is 0. The number of allylic oxidation sites excluding steroid dienone is 16. The van der Waals surface area contributed by atoms with E-state index in [-0.39, 0.29) is 37.5 Å². The molecule has 0 spiro atoms. The molecule has 0 aliphatic rings. The third-order valence-corrected chi connectivity index (χ3v) is 15.1. The Morgan fingerprint density at radius 2 is 0.506 bits per heavy atom. The minimum absolute atomic E-state index is 0.103. The predicted molar refractivity (Wildman–Crippen MR) is 353 cm³/mol. The van der Waals surface area contributed by atoms with Gasteiger partial charge in [0.2, 0.25) is 0 Å². The Labute approximate surface area is 502 Å². The quantitative estimate of drug-likeness (QED) is 0.0261. The molecule has 0 bridgehead atoms. The van der Waals surface area contributed by atoms with E-state index in [0.29, 0.717) is 19.3 Å². The van der Waals surface area contributed by atoms with E-state index >= 15 is 0 Å². The number of esters is 3. The summed E-state index contributed by atoms with van der Waals surface area (Å²) in [5, 5.41) is 0. The topological polar surface area (TPSA) is 78.9 Å². The van der Waals surface area contributed by atoms with E-state index in [2.05, 4.69) is 112 Å². The van der Waals surface area contributed by atoms with Gasteiger partial charge in [0, 0.05) is 19.3 Å². The molecule has 0 aromatic carbocycles. The summed E-state index contributed by atoms with van der Waals surface area (Å²) in [6, 6.07) is 0. The van der Waals surface area contributed by atoms with Gasteiger partial charge < -0.3 is 14.2 Å². The fourth-order valence-electron chi connectivity index (χ4n) is 9.87. The highest BCUT2D eigenvalue weighted by Gasteiger charge is 2.19. The van der Waals surface area contributed by atoms with E-state index in [1.807, 2.05) is 6.08 Å². The van der Waals surface area contributed by atoms with Crippen LogP contribution in [-0.2, 0) is 28.6 Å². The van der Waals surface area contributed by atoms with Crippen LogP contribution in [0.15, 0.2) is 97.2 Å². The molecule has 0 saturated heterocycles. The van der Waals surface area contributed by atoms with Gasteiger partial charge in [-0.1, -0.05) is 311 Å². The molecule has 6 heteroatoms. The zero-order valence-electron chi connectivity index (χ0n) is 53.5. The van der Waals surface area contributed by atoms with Gasteiger partial charge in [-0.05, 0) is 109 Å². The number of ether oxygens (including phenoxy) is 3. The summed E-state index contributed by atoms with van der Waals surface area (Å²) in [7, 11) is 0. The molecule has 0 rings (SSSR count). The Hall–Kier alpha value is -3.67. The van der Waals surface area contributed by atoms with Crippen LogP contribution >= 0.6 is 0 Å². The van der Waals surface area contributed by atoms with Gasteiger partial charge in [0.15, 0.2) is 6.10 Å². The molecule has 0 heterocycles. The van der Waals surface area contributed by atoms with Crippen molar-refractivity contribution in [3.8, 4) is 0 Å². The van der Waals surface area contributed by atoms with Gasteiger partial charge in [-0.2, -0.15) is 0 Å². The van der Waals surface area contributed by atoms with Crippen molar-refractivity contribution in [2.75, 3.05) is 13.2 Å². The van der Waals surface area contributed by atoms with Crippen LogP contribution in [0.2, 0.25) is 0 Å². The standard InChI is InChI=1S/C75H130O6/c1-4-7-10-13-16-19-22-25-27-29-31-32-33-34-35-36-37-38-39-40-41-42-44-45-47-50-53-56-59-62-65-68-74(77)80-71-72(70-79-73(76)67-64-61-58-55-52-49-24-21-18-15-12-9-6-3)81-75(78)69-66-63-60-57-54-51-48-46-43-30-28-26-23-20-17-14-11-8-5-2/h9,12,17-18,20-21,26,28-29,31,43,46,49,52,58,61,72H,4-8,10-11,13-16,19,22-25,27,30,32-42,44-45,47-48,50-51,53-57,59-60,62-71H2,1-3H3/b12-9-,20-17-,21-18-,28-26-,31-29-,46-43-,52-49-,61-58-. The van der Waals surface area contributed by atoms with Crippen molar-refractivity contribution in [3.05, 3.63) is 97.2 Å². The summed E-state index contributed by atoms with van der Waals surface area (Å²) in [5.74, 6) is -0.989. The van der Waals surface area contributed by atoms with Crippen molar-refractivity contribution < 1.29 is 28.6 Å². The molecule has 0 amide bonds. The van der Waals surface area contributed by atoms with E-state index in [4.69, 9.17) is 14.2 Å². The molecule has 1 unspecified atom stereocenters. The molecule has 0 aliphatic heterocycles. The number of carbonyl (C=O) groups is 3. The second kappa shape index (κ2) is 68.8. The van der Waals surface area contributed by atoms with Crippen molar-refractivity contribution in [1.82, 2.24) is 0 Å². The Balaban J connectivity index is 4.24. The normalized spacial score (nSPS) is 12.7. The Morgan fingerprint density at radius 1 is 0.259 bits per heavy atom. The van der Waals surface area contributed by atoms with Gasteiger partial charge in [-0.15, -0.1) is 0 Å². The molecular weight excluding hydrogens is 997 g/mol. The number of hydrogen-bond acceptors (Lipinski definition) is 6. The SMILES string of the molecule is CC/C=C\C/C=C\C/C=C\C/C=C\CCC(=O)OCC(COC(=O)CCCCCCCCCCCCCCCCCCCCC/C=C\CCCCCCCCCC)OC(=O)CCCCCCCC/C=C\C/C=C\C/C=C\CCCCC. The van der Waals surface area contributed by atoms with Crippen molar-refractivity contribution in [2.24, 2.45) is 0 Å². The predicted octanol–water partition coefficient (Wildman–Crippen LogP) is 24.0. The lowest BCUT2D eigenvalue weighted by Crippen LogP contribution is -2.30. The van der Waals surface area contributed by atoms with E-state index in [1.165, 1.54) is 205 Å². The molecule has 1 atom stereocenters. The molecule has 0 saturated carbocycles. The molecule has 0 fully saturated rings. The van der Waals surface area contributed by atoms with Crippen LogP contribution in [0.25, 0.3) is 0 Å². The summed E-state index contributed by atoms with van der Waals surface area (Å²) in [4.78, 5) is 38.3. The Kier molecular flexibility index (Phi) is 65.7. The number of unbranched alkanes of at least 4 members (excludes halogenated alkanes) is 36. The van der Waals surface area contributed by atoms with Crippen molar-refractivity contribution in [1.29, 1.82) is 0 Å². The van der Waals surface area contributed by atoms with Crippen molar-refractivity contribution in [2.45, 2.75) is 348 Å². The monoisotopic (exact) mass is 1130 g/mol. The molecule has 0 aliphatic carbocycles. The molecule has 0 aromatic rings. The smallest absolute Gasteiger partial charge is 0.306 e. The molecule has 0 N–H and O–H groups in total. The van der Waals surface area contributed by atoms with E-state index in [0.717, 1.165) is 89.9 Å². The summed E-state index contributed by atoms with van der Waals surface area (Å²) < 4.78 is 16.9. The van der Waals surface area contributed by atoms with Crippen LogP contribution in [-0.4, -0.2) is 37.2 Å². The van der Waals surface area contributed by atoms with Crippen molar-refractivity contribution in [3.63, 3.8) is 0 Å². The number of rotatable bonds is 63. The average molecular weight is 1130 g/mol. The van der Waals surface area contributed by atoms with Crippen LogP contribution in [0, 0.1) is 0 Å². The Bertz CT molecular complexity index is 1580. The third-order valence-electron chi connectivity index (χ3n) is 15.1. The molecule has 6 nitrogen and oxygen atoms in total. The maximum atomic E-state index is 12.9. The first-order chi connectivity index (χ1) is 40.0. The fourth-order valence-corrected chi connectivity index (χ4v) is 9.87. The highest BCUT2D eigenvalue weighted by atomic mass is 16.6. The maximum Gasteiger partial charge on any atom is 0.306 e. The highest BCUT2D eigenvalue weighted by Crippen LogP contribution is 2.17. The molecule has 0 aromatic heterocycles. The second-order valence-corrected chi connectivity index (χ2v) is 23.1. The zero-order chi connectivity index (χ0) is 58.5. The maximum absolute atomic E-state index is 12.9. The van der Waals surface area contributed by atoms with Crippen molar-refractivity contribution >= 4 is 17.9 Å². The van der Waals surface area contributed by atoms with Gasteiger partial charge >= 0.3 is 17.9 Å². The van der Waals surface area contributed by atoms with Crippen LogP contribution in [0.3, 0.4) is 0 Å². The van der Waals surface area contributed by atoms with Gasteiger partial charge in [-0.25, -0.2) is 0 Å². The number of carbonyl (C=O) groups excluding carboxylic acids is 3. The summed E-state index contributed by atoms with van der Waals surface area (Å²) in [5.41, 5.74) is 0. The lowest BCUT2D eigenvalue weighted by molar-refractivity contribution is -0.166. The molecule has 0 radical (unpaired) electrons. The zero-order valence-corrected chi connectivity index (χ0v) is 53.5. The Morgan fingerprint density at radius 3 is 0.864 bits per heavy atom. The molecule has 466 valence electrons. The summed E-state index contributed by atoms with van der Waals surface area (Å²) in [6.45, 7) is 6.46. The lowest BCUT2D eigenvalue weighted by Gasteiger charge is -2.18. The molecular formula is C75H130O6. The van der Waals surface area contributed by atoms with Gasteiger partial charge in [-0.3, -0.25) is 14.4 Å². The van der Waals surface area contributed by atoms with E-state index < -0.39 is 6.10 Å². The minimum Gasteiger partial charge on any atom is -0.462 e. The summed E-state index contributed by atoms with van der Waals surface area (Å²) in [6.07, 6.45) is 93.2. The highest BCUT2D eigenvalue weighted by molar-refractivity contribution is 5.71. The molecule has 81 heavy (non-hydrogen) atoms. The lowest BCUT2D eigenvalue weighted by atomic mass is 10.0. The first kappa shape index (κ1) is 77.3. The third kappa shape index (κ3) is 67.0. The average Bonchev–Trinajstić information content (AvgIpc) is 3.46. The van der Waals surface area contributed by atoms with Crippen LogP contribution in [0.4, 0.5) is 0 Å². The van der Waals surface area contributed by atoms with Crippen LogP contribution in [0.5, 0.6) is 0 Å². The fraction of sp³-hybridized carbons (Fsp3) is 0.747. The van der Waals surface area contributed by atoms with E-state index in [1.54, 1.807) is 0 Å². The minimum atomic E-state index is -0.815. The largest absolute Gasteiger partial charge is 0.462 e. The van der Waals surface area contributed by atoms with Gasteiger partial charge in [0.1, 0.15) is 13.2 Å².